The molecule has 1 aromatic rings. The van der Waals surface area contributed by atoms with E-state index < -0.39 is 0 Å². The van der Waals surface area contributed by atoms with E-state index in [4.69, 9.17) is 5.26 Å². The van der Waals surface area contributed by atoms with Crippen LogP contribution < -0.4 is 0 Å². The van der Waals surface area contributed by atoms with E-state index >= 15 is 0 Å². The van der Waals surface area contributed by atoms with Gasteiger partial charge in [-0.2, -0.15) is 5.26 Å². The number of pyridine rings is 1. The van der Waals surface area contributed by atoms with E-state index in [1.165, 1.54) is 5.57 Å². The van der Waals surface area contributed by atoms with E-state index in [-0.39, 0.29) is 0 Å². The van der Waals surface area contributed by atoms with Crippen molar-refractivity contribution in [1.29, 1.82) is 5.26 Å². The van der Waals surface area contributed by atoms with Gasteiger partial charge >= 0.3 is 0 Å². The van der Waals surface area contributed by atoms with Crippen molar-refractivity contribution in [1.82, 2.24) is 4.98 Å². The summed E-state index contributed by atoms with van der Waals surface area (Å²) in [7, 11) is 0. The first-order valence-corrected chi connectivity index (χ1v) is 4.64. The van der Waals surface area contributed by atoms with Crippen LogP contribution in [-0.2, 0) is 0 Å². The van der Waals surface area contributed by atoms with E-state index in [1.807, 2.05) is 32.1 Å². The molecule has 13 heavy (non-hydrogen) atoms. The molecule has 0 unspecified atom stereocenters. The van der Waals surface area contributed by atoms with Crippen LogP contribution >= 0.6 is 15.9 Å². The normalized spacial score (nSPS) is 9.08. The number of allylic oxidation sites excluding steroid dienone is 1. The SMILES string of the molecule is CC(C)=Cc1ccc(C#N)c(Br)n1. The number of nitriles is 1. The summed E-state index contributed by atoms with van der Waals surface area (Å²) in [6, 6.07) is 5.63. The highest BCUT2D eigenvalue weighted by Crippen LogP contribution is 2.14. The first-order chi connectivity index (χ1) is 6.13. The van der Waals surface area contributed by atoms with Crippen molar-refractivity contribution in [3.8, 4) is 6.07 Å². The predicted molar refractivity (Wildman–Crippen MR) is 56.0 cm³/mol. The van der Waals surface area contributed by atoms with Gasteiger partial charge in [-0.1, -0.05) is 5.57 Å². The molecular weight excluding hydrogens is 228 g/mol. The summed E-state index contributed by atoms with van der Waals surface area (Å²) in [4.78, 5) is 4.20. The van der Waals surface area contributed by atoms with Gasteiger partial charge in [-0.05, 0) is 48.0 Å². The Bertz CT molecular complexity index is 384. The largest absolute Gasteiger partial charge is 0.240 e. The molecular formula is C10H9BrN2. The molecule has 66 valence electrons. The van der Waals surface area contributed by atoms with Crippen molar-refractivity contribution >= 4 is 22.0 Å². The Morgan fingerprint density at radius 3 is 2.69 bits per heavy atom. The fourth-order valence-electron chi connectivity index (χ4n) is 0.908. The molecule has 3 heteroatoms. The molecule has 1 heterocycles. The smallest absolute Gasteiger partial charge is 0.124 e. The van der Waals surface area contributed by atoms with Gasteiger partial charge in [-0.25, -0.2) is 4.98 Å². The van der Waals surface area contributed by atoms with Crippen LogP contribution in [0.1, 0.15) is 25.1 Å². The first-order valence-electron chi connectivity index (χ1n) is 3.85. The Balaban J connectivity index is 3.12. The molecule has 0 atom stereocenters. The highest BCUT2D eigenvalue weighted by molar-refractivity contribution is 9.10. The van der Waals surface area contributed by atoms with Gasteiger partial charge in [-0.3, -0.25) is 0 Å². The van der Waals surface area contributed by atoms with Gasteiger partial charge in [0.15, 0.2) is 0 Å². The van der Waals surface area contributed by atoms with Crippen LogP contribution in [0.25, 0.3) is 6.08 Å². The third-order valence-corrected chi connectivity index (χ3v) is 2.03. The Morgan fingerprint density at radius 1 is 1.54 bits per heavy atom. The van der Waals surface area contributed by atoms with Crippen LogP contribution in [0.4, 0.5) is 0 Å². The van der Waals surface area contributed by atoms with E-state index in [9.17, 15) is 0 Å². The maximum Gasteiger partial charge on any atom is 0.124 e. The summed E-state index contributed by atoms with van der Waals surface area (Å²) in [5.74, 6) is 0. The van der Waals surface area contributed by atoms with Gasteiger partial charge in [0.1, 0.15) is 10.7 Å². The maximum absolute atomic E-state index is 8.66. The second kappa shape index (κ2) is 4.20. The molecule has 1 rings (SSSR count). The zero-order valence-corrected chi connectivity index (χ0v) is 9.09. The molecule has 2 nitrogen and oxygen atoms in total. The lowest BCUT2D eigenvalue weighted by molar-refractivity contribution is 1.22. The molecule has 0 spiro atoms. The second-order valence-electron chi connectivity index (χ2n) is 2.91. The highest BCUT2D eigenvalue weighted by Gasteiger charge is 1.99. The lowest BCUT2D eigenvalue weighted by Gasteiger charge is -1.97. The molecule has 0 amide bonds. The summed E-state index contributed by atoms with van der Waals surface area (Å²) in [6.07, 6.45) is 1.96. The topological polar surface area (TPSA) is 36.7 Å². The van der Waals surface area contributed by atoms with Crippen LogP contribution in [0.15, 0.2) is 22.3 Å². The van der Waals surface area contributed by atoms with Crippen molar-refractivity contribution in [2.75, 3.05) is 0 Å². The molecule has 0 saturated heterocycles. The molecule has 0 N–H and O–H groups in total. The maximum atomic E-state index is 8.66. The molecule has 0 aliphatic rings. The first kappa shape index (κ1) is 9.94. The minimum Gasteiger partial charge on any atom is -0.240 e. The Hall–Kier alpha value is -1.14. The fourth-order valence-corrected chi connectivity index (χ4v) is 1.33. The van der Waals surface area contributed by atoms with Gasteiger partial charge in [-0.15, -0.1) is 0 Å². The van der Waals surface area contributed by atoms with Crippen molar-refractivity contribution in [2.24, 2.45) is 0 Å². The fraction of sp³-hybridized carbons (Fsp3) is 0.200. The Morgan fingerprint density at radius 2 is 2.23 bits per heavy atom. The van der Waals surface area contributed by atoms with E-state index in [0.29, 0.717) is 10.2 Å². The van der Waals surface area contributed by atoms with Crippen LogP contribution in [0.2, 0.25) is 0 Å². The molecule has 0 radical (unpaired) electrons. The molecule has 0 aliphatic heterocycles. The lowest BCUT2D eigenvalue weighted by Crippen LogP contribution is -1.86. The van der Waals surface area contributed by atoms with Crippen molar-refractivity contribution in [3.63, 3.8) is 0 Å². The summed E-state index contributed by atoms with van der Waals surface area (Å²) >= 11 is 3.23. The van der Waals surface area contributed by atoms with Crippen LogP contribution in [-0.4, -0.2) is 4.98 Å². The standard InChI is InChI=1S/C10H9BrN2/c1-7(2)5-9-4-3-8(6-12)10(11)13-9/h3-5H,1-2H3. The number of hydrogen-bond donors (Lipinski definition) is 0. The van der Waals surface area contributed by atoms with Gasteiger partial charge < -0.3 is 0 Å². The summed E-state index contributed by atoms with van der Waals surface area (Å²) in [5, 5.41) is 8.66. The van der Waals surface area contributed by atoms with Crippen LogP contribution in [0.3, 0.4) is 0 Å². The van der Waals surface area contributed by atoms with Crippen molar-refractivity contribution in [3.05, 3.63) is 33.6 Å². The Kier molecular flexibility index (Phi) is 3.21. The minimum absolute atomic E-state index is 0.561. The average Bonchev–Trinajstić information content (AvgIpc) is 2.03. The number of aromatic nitrogens is 1. The molecule has 0 aromatic carbocycles. The highest BCUT2D eigenvalue weighted by atomic mass is 79.9. The number of rotatable bonds is 1. The molecule has 0 bridgehead atoms. The second-order valence-corrected chi connectivity index (χ2v) is 3.66. The van der Waals surface area contributed by atoms with Gasteiger partial charge in [0.2, 0.25) is 0 Å². The molecule has 0 saturated carbocycles. The zero-order chi connectivity index (χ0) is 9.84. The molecule has 0 aliphatic carbocycles. The van der Waals surface area contributed by atoms with E-state index in [1.54, 1.807) is 6.07 Å². The third-order valence-electron chi connectivity index (χ3n) is 1.43. The van der Waals surface area contributed by atoms with Crippen LogP contribution in [0.5, 0.6) is 0 Å². The lowest BCUT2D eigenvalue weighted by atomic mass is 10.2. The predicted octanol–water partition coefficient (Wildman–Crippen LogP) is 3.14. The quantitative estimate of drug-likeness (QED) is 0.703. The summed E-state index contributed by atoms with van der Waals surface area (Å²) in [5.41, 5.74) is 2.61. The third kappa shape index (κ3) is 2.67. The van der Waals surface area contributed by atoms with Crippen LogP contribution in [0, 0.1) is 11.3 Å². The van der Waals surface area contributed by atoms with Gasteiger partial charge in [0.05, 0.1) is 11.3 Å². The summed E-state index contributed by atoms with van der Waals surface area (Å²) in [6.45, 7) is 4.02. The van der Waals surface area contributed by atoms with E-state index in [0.717, 1.165) is 5.69 Å². The average molecular weight is 237 g/mol. The molecule has 0 fully saturated rings. The zero-order valence-electron chi connectivity index (χ0n) is 7.50. The summed E-state index contributed by atoms with van der Waals surface area (Å²) < 4.78 is 0.602. The number of nitrogens with zero attached hydrogens (tertiary/aromatic N) is 2. The van der Waals surface area contributed by atoms with Crippen molar-refractivity contribution < 1.29 is 0 Å². The van der Waals surface area contributed by atoms with Gasteiger partial charge in [0, 0.05) is 0 Å². The number of halogens is 1. The van der Waals surface area contributed by atoms with E-state index in [2.05, 4.69) is 20.9 Å². The molecule has 1 aromatic heterocycles. The number of hydrogen-bond acceptors (Lipinski definition) is 2. The Labute approximate surface area is 86.0 Å². The minimum atomic E-state index is 0.561. The monoisotopic (exact) mass is 236 g/mol. The van der Waals surface area contributed by atoms with Crippen molar-refractivity contribution in [2.45, 2.75) is 13.8 Å². The van der Waals surface area contributed by atoms with Gasteiger partial charge in [0.25, 0.3) is 0 Å².